The minimum absolute atomic E-state index is 0.145. The number of hydrogen-bond donors (Lipinski definition) is 2. The molecule has 7 heteroatoms. The average molecular weight is 404 g/mol. The van der Waals surface area contributed by atoms with Gasteiger partial charge >= 0.3 is 0 Å². The molecule has 0 fully saturated rings. The first-order valence-electron chi connectivity index (χ1n) is 9.26. The number of rotatable bonds is 6. The molecule has 0 unspecified atom stereocenters. The Morgan fingerprint density at radius 3 is 1.97 bits per heavy atom. The maximum Gasteiger partial charge on any atom is 0.263 e. The summed E-state index contributed by atoms with van der Waals surface area (Å²) in [6.45, 7) is 2.09. The Kier molecular flexibility index (Phi) is 5.14. The highest BCUT2D eigenvalue weighted by atomic mass is 32.2. The van der Waals surface area contributed by atoms with Crippen LogP contribution in [0.4, 0.5) is 17.3 Å². The van der Waals surface area contributed by atoms with Gasteiger partial charge in [-0.2, -0.15) is 0 Å². The molecule has 0 aliphatic rings. The molecule has 3 aromatic carbocycles. The molecule has 0 spiro atoms. The molecule has 0 radical (unpaired) electrons. The van der Waals surface area contributed by atoms with Crippen molar-refractivity contribution in [2.75, 3.05) is 10.0 Å². The van der Waals surface area contributed by atoms with Crippen LogP contribution in [0.25, 0.3) is 11.0 Å². The normalized spacial score (nSPS) is 11.3. The van der Waals surface area contributed by atoms with Gasteiger partial charge in [-0.05, 0) is 48.4 Å². The van der Waals surface area contributed by atoms with E-state index in [1.807, 2.05) is 42.5 Å². The van der Waals surface area contributed by atoms with Crippen LogP contribution in [0, 0.1) is 0 Å². The van der Waals surface area contributed by atoms with E-state index < -0.39 is 10.0 Å². The summed E-state index contributed by atoms with van der Waals surface area (Å²) in [4.78, 5) is 9.25. The van der Waals surface area contributed by atoms with Gasteiger partial charge in [-0.3, -0.25) is 4.72 Å². The van der Waals surface area contributed by atoms with Crippen molar-refractivity contribution in [1.82, 2.24) is 9.97 Å². The summed E-state index contributed by atoms with van der Waals surface area (Å²) in [5, 5.41) is 3.19. The molecule has 0 saturated heterocycles. The summed E-state index contributed by atoms with van der Waals surface area (Å²) < 4.78 is 28.2. The van der Waals surface area contributed by atoms with Crippen LogP contribution in [0.3, 0.4) is 0 Å². The Balaban J connectivity index is 1.75. The molecule has 0 aliphatic carbocycles. The van der Waals surface area contributed by atoms with E-state index in [1.54, 1.807) is 24.3 Å². The van der Waals surface area contributed by atoms with Crippen LogP contribution in [0.5, 0.6) is 0 Å². The van der Waals surface area contributed by atoms with Gasteiger partial charge in [0.1, 0.15) is 0 Å². The average Bonchev–Trinajstić information content (AvgIpc) is 2.75. The zero-order chi connectivity index (χ0) is 20.3. The van der Waals surface area contributed by atoms with Crippen molar-refractivity contribution in [1.29, 1.82) is 0 Å². The van der Waals surface area contributed by atoms with Crippen LogP contribution in [0.1, 0.15) is 12.5 Å². The molecule has 0 amide bonds. The molecule has 1 heterocycles. The monoisotopic (exact) mass is 404 g/mol. The number of sulfonamides is 1. The van der Waals surface area contributed by atoms with Crippen LogP contribution < -0.4 is 10.0 Å². The highest BCUT2D eigenvalue weighted by Crippen LogP contribution is 2.27. The molecular formula is C22H20N4O2S. The molecular weight excluding hydrogens is 384 g/mol. The number of para-hydroxylation sites is 2. The van der Waals surface area contributed by atoms with Crippen LogP contribution >= 0.6 is 0 Å². The minimum Gasteiger partial charge on any atom is -0.337 e. The minimum atomic E-state index is -3.80. The Bertz CT molecular complexity index is 1240. The van der Waals surface area contributed by atoms with Gasteiger partial charge in [0.25, 0.3) is 10.0 Å². The second kappa shape index (κ2) is 7.89. The number of aromatic nitrogens is 2. The number of aryl methyl sites for hydroxylation is 1. The molecule has 146 valence electrons. The lowest BCUT2D eigenvalue weighted by molar-refractivity contribution is 0.601. The molecule has 4 rings (SSSR count). The second-order valence-corrected chi connectivity index (χ2v) is 8.19. The Morgan fingerprint density at radius 2 is 1.34 bits per heavy atom. The number of hydrogen-bond acceptors (Lipinski definition) is 5. The molecule has 0 saturated carbocycles. The molecule has 0 atom stereocenters. The lowest BCUT2D eigenvalue weighted by Gasteiger charge is -2.14. The number of nitrogens with zero attached hydrogens (tertiary/aromatic N) is 2. The molecule has 29 heavy (non-hydrogen) atoms. The van der Waals surface area contributed by atoms with Crippen molar-refractivity contribution in [2.45, 2.75) is 18.2 Å². The zero-order valence-electron chi connectivity index (χ0n) is 15.8. The Labute approximate surface area is 169 Å². The van der Waals surface area contributed by atoms with Crippen molar-refractivity contribution in [3.63, 3.8) is 0 Å². The number of nitrogens with one attached hydrogen (secondary N) is 2. The number of anilines is 3. The maximum atomic E-state index is 12.8. The van der Waals surface area contributed by atoms with E-state index in [0.29, 0.717) is 16.9 Å². The van der Waals surface area contributed by atoms with Crippen molar-refractivity contribution < 1.29 is 8.42 Å². The van der Waals surface area contributed by atoms with E-state index in [-0.39, 0.29) is 10.7 Å². The fourth-order valence-corrected chi connectivity index (χ4v) is 3.93. The van der Waals surface area contributed by atoms with Gasteiger partial charge in [0.2, 0.25) is 0 Å². The first-order valence-corrected chi connectivity index (χ1v) is 10.7. The van der Waals surface area contributed by atoms with Crippen molar-refractivity contribution >= 4 is 38.4 Å². The van der Waals surface area contributed by atoms with E-state index in [0.717, 1.165) is 12.1 Å². The summed E-state index contributed by atoms with van der Waals surface area (Å²) in [5.41, 5.74) is 3.28. The molecule has 4 aromatic rings. The smallest absolute Gasteiger partial charge is 0.263 e. The second-order valence-electron chi connectivity index (χ2n) is 6.50. The van der Waals surface area contributed by atoms with E-state index in [2.05, 4.69) is 26.9 Å². The highest BCUT2D eigenvalue weighted by Gasteiger charge is 2.18. The SMILES string of the molecule is CCc1ccc(Nc2nc3ccccc3nc2NS(=O)(=O)c2ccccc2)cc1. The van der Waals surface area contributed by atoms with E-state index in [4.69, 9.17) is 0 Å². The van der Waals surface area contributed by atoms with Gasteiger partial charge in [0, 0.05) is 5.69 Å². The van der Waals surface area contributed by atoms with Crippen molar-refractivity contribution in [3.05, 3.63) is 84.4 Å². The van der Waals surface area contributed by atoms with Crippen molar-refractivity contribution in [2.24, 2.45) is 0 Å². The lowest BCUT2D eigenvalue weighted by atomic mass is 10.1. The topological polar surface area (TPSA) is 84.0 Å². The van der Waals surface area contributed by atoms with E-state index in [9.17, 15) is 8.42 Å². The molecule has 0 bridgehead atoms. The lowest BCUT2D eigenvalue weighted by Crippen LogP contribution is -2.16. The van der Waals surface area contributed by atoms with Gasteiger partial charge < -0.3 is 5.32 Å². The van der Waals surface area contributed by atoms with Crippen LogP contribution in [0.2, 0.25) is 0 Å². The number of fused-ring (bicyclic) bond motifs is 1. The molecule has 2 N–H and O–H groups in total. The van der Waals surface area contributed by atoms with Crippen LogP contribution in [-0.2, 0) is 16.4 Å². The van der Waals surface area contributed by atoms with Crippen LogP contribution in [0.15, 0.2) is 83.8 Å². The van der Waals surface area contributed by atoms with E-state index >= 15 is 0 Å². The maximum absolute atomic E-state index is 12.8. The van der Waals surface area contributed by atoms with Gasteiger partial charge in [-0.1, -0.05) is 49.4 Å². The predicted molar refractivity (Wildman–Crippen MR) is 116 cm³/mol. The van der Waals surface area contributed by atoms with Gasteiger partial charge in [-0.15, -0.1) is 0 Å². The fourth-order valence-electron chi connectivity index (χ4n) is 2.90. The zero-order valence-corrected chi connectivity index (χ0v) is 16.6. The van der Waals surface area contributed by atoms with Crippen LogP contribution in [-0.4, -0.2) is 18.4 Å². The van der Waals surface area contributed by atoms with Crippen molar-refractivity contribution in [3.8, 4) is 0 Å². The third-order valence-corrected chi connectivity index (χ3v) is 5.83. The summed E-state index contributed by atoms with van der Waals surface area (Å²) >= 11 is 0. The summed E-state index contributed by atoms with van der Waals surface area (Å²) in [7, 11) is -3.80. The standard InChI is InChI=1S/C22H20N4O2S/c1-2-16-12-14-17(15-13-16)23-21-22(25-20-11-7-6-10-19(20)24-21)26-29(27,28)18-8-4-3-5-9-18/h3-15H,2H2,1H3,(H,23,24)(H,25,26). The van der Waals surface area contributed by atoms with Gasteiger partial charge in [-0.25, -0.2) is 18.4 Å². The molecule has 6 nitrogen and oxygen atoms in total. The Hall–Kier alpha value is -3.45. The first-order chi connectivity index (χ1) is 14.0. The fraction of sp³-hybridized carbons (Fsp3) is 0.0909. The summed E-state index contributed by atoms with van der Waals surface area (Å²) in [6, 6.07) is 23.4. The quantitative estimate of drug-likeness (QED) is 0.485. The predicted octanol–water partition coefficient (Wildman–Crippen LogP) is 4.74. The first kappa shape index (κ1) is 18.9. The third kappa shape index (κ3) is 4.20. The van der Waals surface area contributed by atoms with Gasteiger partial charge in [0.05, 0.1) is 15.9 Å². The largest absolute Gasteiger partial charge is 0.337 e. The highest BCUT2D eigenvalue weighted by molar-refractivity contribution is 7.92. The molecule has 0 aliphatic heterocycles. The van der Waals surface area contributed by atoms with E-state index in [1.165, 1.54) is 17.7 Å². The molecule has 1 aromatic heterocycles. The Morgan fingerprint density at radius 1 is 0.759 bits per heavy atom. The van der Waals surface area contributed by atoms with Gasteiger partial charge in [0.15, 0.2) is 11.6 Å². The third-order valence-electron chi connectivity index (χ3n) is 4.48. The number of benzene rings is 3. The summed E-state index contributed by atoms with van der Waals surface area (Å²) in [6.07, 6.45) is 0.943. The summed E-state index contributed by atoms with van der Waals surface area (Å²) in [5.74, 6) is 0.486.